The third kappa shape index (κ3) is 9.27. The van der Waals surface area contributed by atoms with Crippen LogP contribution in [0.2, 0.25) is 5.02 Å². The largest absolute Gasteiger partial charge is 0.445 e. The molecule has 5 rings (SSSR count). The highest BCUT2D eigenvalue weighted by Crippen LogP contribution is 2.47. The Bertz CT molecular complexity index is 1660. The lowest BCUT2D eigenvalue weighted by molar-refractivity contribution is -0.0923. The molecule has 3 aromatic rings. The number of rotatable bonds is 11. The van der Waals surface area contributed by atoms with Gasteiger partial charge in [-0.1, -0.05) is 91.7 Å². The number of benzene rings is 3. The Morgan fingerprint density at radius 3 is 2.38 bits per heavy atom. The van der Waals surface area contributed by atoms with Crippen LogP contribution in [0, 0.1) is 11.8 Å². The number of amides is 2. The molecule has 0 bridgehead atoms. The standard InChI is InChI=1S/C38H45ClN2O6S/c1-4-9-35-34(29-17-19-32(39)20-18-29)22-33(26(2)3)36(47-35)30-13-15-31(16-14-30)37(42)40-48(44,45)25-28-12-8-21-41(23-28)38(43)46-24-27-10-6-5-7-11-27/h5-7,10-11,13-20,28,33-36H,2,4,8-9,12,21-25H2,1,3H3,(H,40,42)/t28-,33-,34-,35+,36-/m1/s1. The zero-order valence-corrected chi connectivity index (χ0v) is 29.2. The third-order valence-electron chi connectivity index (χ3n) is 9.33. The van der Waals surface area contributed by atoms with E-state index in [0.29, 0.717) is 24.4 Å². The van der Waals surface area contributed by atoms with E-state index in [1.165, 1.54) is 5.56 Å². The van der Waals surface area contributed by atoms with Gasteiger partial charge in [-0.15, -0.1) is 0 Å². The summed E-state index contributed by atoms with van der Waals surface area (Å²) in [6.07, 6.45) is 3.34. The highest BCUT2D eigenvalue weighted by Gasteiger charge is 2.39. The number of carbonyl (C=O) groups excluding carboxylic acids is 2. The molecule has 5 atom stereocenters. The van der Waals surface area contributed by atoms with Crippen molar-refractivity contribution in [2.24, 2.45) is 11.8 Å². The van der Waals surface area contributed by atoms with Gasteiger partial charge in [0.1, 0.15) is 6.61 Å². The smallest absolute Gasteiger partial charge is 0.410 e. The molecular weight excluding hydrogens is 648 g/mol. The predicted molar refractivity (Wildman–Crippen MR) is 188 cm³/mol. The number of hydrogen-bond donors (Lipinski definition) is 1. The lowest BCUT2D eigenvalue weighted by Crippen LogP contribution is -2.44. The maximum absolute atomic E-state index is 13.1. The Balaban J connectivity index is 1.19. The van der Waals surface area contributed by atoms with Crippen molar-refractivity contribution in [2.75, 3.05) is 18.8 Å². The van der Waals surface area contributed by atoms with Crippen LogP contribution in [0.1, 0.15) is 85.0 Å². The molecule has 2 saturated heterocycles. The summed E-state index contributed by atoms with van der Waals surface area (Å²) >= 11 is 6.16. The van der Waals surface area contributed by atoms with Gasteiger partial charge in [0.15, 0.2) is 0 Å². The first kappa shape index (κ1) is 35.6. The van der Waals surface area contributed by atoms with E-state index >= 15 is 0 Å². The molecule has 8 nitrogen and oxygen atoms in total. The minimum Gasteiger partial charge on any atom is -0.445 e. The molecule has 2 aliphatic rings. The van der Waals surface area contributed by atoms with Gasteiger partial charge in [0.05, 0.1) is 18.0 Å². The first-order valence-corrected chi connectivity index (χ1v) is 18.7. The van der Waals surface area contributed by atoms with Gasteiger partial charge in [-0.2, -0.15) is 0 Å². The second-order valence-corrected chi connectivity index (χ2v) is 15.3. The molecule has 256 valence electrons. The Morgan fingerprint density at radius 2 is 1.71 bits per heavy atom. The van der Waals surface area contributed by atoms with Crippen molar-refractivity contribution >= 4 is 33.6 Å². The molecule has 10 heteroatoms. The maximum atomic E-state index is 13.1. The molecule has 0 radical (unpaired) electrons. The Kier molecular flexibility index (Phi) is 12.0. The zero-order valence-electron chi connectivity index (χ0n) is 27.6. The topological polar surface area (TPSA) is 102 Å². The van der Waals surface area contributed by atoms with E-state index in [1.807, 2.05) is 61.5 Å². The molecule has 0 aliphatic carbocycles. The van der Waals surface area contributed by atoms with Crippen molar-refractivity contribution in [1.82, 2.24) is 9.62 Å². The number of sulfonamides is 1. The summed E-state index contributed by atoms with van der Waals surface area (Å²) in [5, 5.41) is 0.700. The van der Waals surface area contributed by atoms with Crippen LogP contribution in [0.4, 0.5) is 4.79 Å². The van der Waals surface area contributed by atoms with Crippen LogP contribution in [0.3, 0.4) is 0 Å². The molecule has 2 amide bonds. The number of likely N-dealkylation sites (tertiary alicyclic amines) is 1. The van der Waals surface area contributed by atoms with Crippen LogP contribution in [0.5, 0.6) is 0 Å². The van der Waals surface area contributed by atoms with Crippen molar-refractivity contribution in [3.63, 3.8) is 0 Å². The fraction of sp³-hybridized carbons (Fsp3) is 0.421. The third-order valence-corrected chi connectivity index (χ3v) is 11.0. The number of ether oxygens (including phenoxy) is 2. The van der Waals surface area contributed by atoms with Crippen LogP contribution in [-0.2, 0) is 26.1 Å². The lowest BCUT2D eigenvalue weighted by atomic mass is 9.75. The molecular formula is C38H45ClN2O6S. The van der Waals surface area contributed by atoms with E-state index in [2.05, 4.69) is 30.4 Å². The van der Waals surface area contributed by atoms with Crippen molar-refractivity contribution in [3.8, 4) is 0 Å². The number of halogens is 1. The van der Waals surface area contributed by atoms with Crippen LogP contribution in [-0.4, -0.2) is 50.3 Å². The molecule has 1 N–H and O–H groups in total. The van der Waals surface area contributed by atoms with Gasteiger partial charge in [-0.05, 0) is 79.5 Å². The average molecular weight is 693 g/mol. The fourth-order valence-corrected chi connectivity index (χ4v) is 8.37. The SMILES string of the molecule is C=C(C)[C@H]1C[C@H](c2ccc(Cl)cc2)[C@H](CCC)O[C@@H]1c1ccc(C(=O)NS(=O)(=O)C[C@@H]2CCCN(C(=O)OCc3ccccc3)C2)cc1. The summed E-state index contributed by atoms with van der Waals surface area (Å²) in [6, 6.07) is 24.3. The van der Waals surface area contributed by atoms with E-state index in [9.17, 15) is 18.0 Å². The second-order valence-electron chi connectivity index (χ2n) is 13.1. The minimum absolute atomic E-state index is 0.00586. The number of carbonyl (C=O) groups is 2. The molecule has 0 unspecified atom stereocenters. The van der Waals surface area contributed by atoms with E-state index in [1.54, 1.807) is 17.0 Å². The first-order valence-electron chi connectivity index (χ1n) is 16.7. The van der Waals surface area contributed by atoms with Crippen LogP contribution >= 0.6 is 11.6 Å². The number of nitrogens with one attached hydrogen (secondary N) is 1. The predicted octanol–water partition coefficient (Wildman–Crippen LogP) is 8.05. The Hall–Kier alpha value is -3.66. The van der Waals surface area contributed by atoms with Gasteiger partial charge in [-0.25, -0.2) is 17.9 Å². The van der Waals surface area contributed by atoms with Crippen molar-refractivity contribution in [2.45, 2.75) is 70.7 Å². The highest BCUT2D eigenvalue weighted by atomic mass is 35.5. The van der Waals surface area contributed by atoms with E-state index in [0.717, 1.165) is 36.0 Å². The summed E-state index contributed by atoms with van der Waals surface area (Å²) in [6.45, 7) is 9.35. The quantitative estimate of drug-likeness (QED) is 0.204. The van der Waals surface area contributed by atoms with Crippen LogP contribution < -0.4 is 4.72 Å². The minimum atomic E-state index is -3.96. The monoisotopic (exact) mass is 692 g/mol. The normalized spacial score (nSPS) is 22.9. The van der Waals surface area contributed by atoms with Gasteiger partial charge in [0, 0.05) is 35.5 Å². The molecule has 0 aromatic heterocycles. The first-order chi connectivity index (χ1) is 23.0. The fourth-order valence-electron chi connectivity index (χ4n) is 6.87. The van der Waals surface area contributed by atoms with Crippen molar-refractivity contribution < 1.29 is 27.5 Å². The van der Waals surface area contributed by atoms with Gasteiger partial charge in [-0.3, -0.25) is 4.79 Å². The number of hydrogen-bond acceptors (Lipinski definition) is 6. The molecule has 0 spiro atoms. The summed E-state index contributed by atoms with van der Waals surface area (Å²) in [7, 11) is -3.96. The molecule has 2 fully saturated rings. The molecule has 2 heterocycles. The van der Waals surface area contributed by atoms with E-state index in [4.69, 9.17) is 21.1 Å². The van der Waals surface area contributed by atoms with Gasteiger partial charge < -0.3 is 14.4 Å². The van der Waals surface area contributed by atoms with Crippen molar-refractivity contribution in [3.05, 3.63) is 118 Å². The van der Waals surface area contributed by atoms with E-state index < -0.39 is 22.0 Å². The number of piperidine rings is 1. The van der Waals surface area contributed by atoms with Crippen LogP contribution in [0.25, 0.3) is 0 Å². The van der Waals surface area contributed by atoms with Gasteiger partial charge in [0.2, 0.25) is 10.0 Å². The Morgan fingerprint density at radius 1 is 1.02 bits per heavy atom. The zero-order chi connectivity index (χ0) is 34.3. The van der Waals surface area contributed by atoms with E-state index in [-0.39, 0.29) is 54.4 Å². The molecule has 48 heavy (non-hydrogen) atoms. The lowest BCUT2D eigenvalue weighted by Gasteiger charge is -2.43. The van der Waals surface area contributed by atoms with Gasteiger partial charge >= 0.3 is 6.09 Å². The van der Waals surface area contributed by atoms with Crippen LogP contribution in [0.15, 0.2) is 91.0 Å². The Labute approximate surface area is 289 Å². The summed E-state index contributed by atoms with van der Waals surface area (Å²) in [5.74, 6) is -1.01. The molecule has 0 saturated carbocycles. The summed E-state index contributed by atoms with van der Waals surface area (Å²) < 4.78 is 40.6. The number of nitrogens with zero attached hydrogens (tertiary/aromatic N) is 1. The highest BCUT2D eigenvalue weighted by molar-refractivity contribution is 7.90. The molecule has 3 aromatic carbocycles. The molecule has 2 aliphatic heterocycles. The summed E-state index contributed by atoms with van der Waals surface area (Å²) in [4.78, 5) is 27.3. The van der Waals surface area contributed by atoms with Crippen molar-refractivity contribution in [1.29, 1.82) is 0 Å². The maximum Gasteiger partial charge on any atom is 0.410 e. The second kappa shape index (κ2) is 16.2. The average Bonchev–Trinajstić information content (AvgIpc) is 3.07. The summed E-state index contributed by atoms with van der Waals surface area (Å²) in [5.41, 5.74) is 4.25. The van der Waals surface area contributed by atoms with Gasteiger partial charge in [0.25, 0.3) is 5.91 Å².